The largest absolute Gasteiger partial charge is 0.389 e. The van der Waals surface area contributed by atoms with Crippen molar-refractivity contribution in [3.63, 3.8) is 0 Å². The van der Waals surface area contributed by atoms with Gasteiger partial charge in [-0.05, 0) is 54.9 Å². The summed E-state index contributed by atoms with van der Waals surface area (Å²) in [5, 5.41) is 20.3. The minimum Gasteiger partial charge on any atom is -0.389 e. The summed E-state index contributed by atoms with van der Waals surface area (Å²) in [5.74, 6) is 1.20. The minimum absolute atomic E-state index is 0.0487. The predicted molar refractivity (Wildman–Crippen MR) is 83.6 cm³/mol. The van der Waals surface area contributed by atoms with Gasteiger partial charge in [-0.25, -0.2) is 0 Å². The molecular weight excluding hydrogens is 260 g/mol. The van der Waals surface area contributed by atoms with Crippen molar-refractivity contribution in [1.29, 1.82) is 0 Å². The molecule has 0 spiro atoms. The summed E-state index contributed by atoms with van der Waals surface area (Å²) in [7, 11) is 0. The van der Waals surface area contributed by atoms with E-state index in [1.54, 1.807) is 5.57 Å². The minimum atomic E-state index is -0.310. The van der Waals surface area contributed by atoms with E-state index in [-0.39, 0.29) is 23.0 Å². The molecule has 4 aliphatic carbocycles. The van der Waals surface area contributed by atoms with E-state index in [4.69, 9.17) is 0 Å². The molecule has 0 aliphatic heterocycles. The first kappa shape index (κ1) is 13.8. The first-order valence-electron chi connectivity index (χ1n) is 8.42. The van der Waals surface area contributed by atoms with Gasteiger partial charge in [0.05, 0.1) is 12.2 Å². The monoisotopic (exact) mass is 286 g/mol. The van der Waals surface area contributed by atoms with Crippen LogP contribution in [0.25, 0.3) is 0 Å². The second-order valence-corrected chi connectivity index (χ2v) is 8.02. The molecule has 0 aromatic heterocycles. The van der Waals surface area contributed by atoms with Crippen molar-refractivity contribution in [3.05, 3.63) is 35.5 Å². The third-order valence-electron chi connectivity index (χ3n) is 7.03. The molecule has 114 valence electrons. The molecule has 6 atom stereocenters. The third-order valence-corrected chi connectivity index (χ3v) is 7.03. The quantitative estimate of drug-likeness (QED) is 0.670. The van der Waals surface area contributed by atoms with Crippen LogP contribution in [0.4, 0.5) is 0 Å². The van der Waals surface area contributed by atoms with Crippen LogP contribution in [0.5, 0.6) is 0 Å². The molecular formula is C19H26O2. The summed E-state index contributed by atoms with van der Waals surface area (Å²) in [5.41, 5.74) is 3.16. The van der Waals surface area contributed by atoms with Crippen molar-refractivity contribution in [2.24, 2.45) is 22.7 Å². The fraction of sp³-hybridized carbons (Fsp3) is 0.684. The lowest BCUT2D eigenvalue weighted by atomic mass is 9.51. The van der Waals surface area contributed by atoms with Crippen LogP contribution < -0.4 is 0 Å². The van der Waals surface area contributed by atoms with Crippen LogP contribution in [-0.2, 0) is 0 Å². The van der Waals surface area contributed by atoms with Crippen molar-refractivity contribution in [2.45, 2.75) is 58.2 Å². The summed E-state index contributed by atoms with van der Waals surface area (Å²) < 4.78 is 0. The zero-order valence-electron chi connectivity index (χ0n) is 13.0. The van der Waals surface area contributed by atoms with Crippen LogP contribution >= 0.6 is 0 Å². The molecule has 0 aromatic carbocycles. The van der Waals surface area contributed by atoms with Crippen molar-refractivity contribution < 1.29 is 10.2 Å². The van der Waals surface area contributed by atoms with E-state index in [0.29, 0.717) is 11.8 Å². The average Bonchev–Trinajstić information content (AvgIpc) is 2.76. The molecule has 2 nitrogen and oxygen atoms in total. The van der Waals surface area contributed by atoms with E-state index in [0.717, 1.165) is 19.3 Å². The van der Waals surface area contributed by atoms with Gasteiger partial charge in [0, 0.05) is 5.41 Å². The van der Waals surface area contributed by atoms with Crippen LogP contribution in [0.3, 0.4) is 0 Å². The predicted octanol–water partition coefficient (Wildman–Crippen LogP) is 3.37. The van der Waals surface area contributed by atoms with Gasteiger partial charge in [0.2, 0.25) is 0 Å². The van der Waals surface area contributed by atoms with E-state index in [2.05, 4.69) is 26.0 Å². The molecule has 1 saturated carbocycles. The van der Waals surface area contributed by atoms with Crippen LogP contribution in [0.1, 0.15) is 46.0 Å². The number of fused-ring (bicyclic) bond motifs is 4. The topological polar surface area (TPSA) is 40.5 Å². The lowest BCUT2D eigenvalue weighted by molar-refractivity contribution is 0.0345. The van der Waals surface area contributed by atoms with Crippen molar-refractivity contribution in [2.75, 3.05) is 0 Å². The second-order valence-electron chi connectivity index (χ2n) is 8.02. The number of rotatable bonds is 0. The smallest absolute Gasteiger partial charge is 0.0817 e. The Hall–Kier alpha value is -0.860. The van der Waals surface area contributed by atoms with Crippen LogP contribution in [0.15, 0.2) is 35.5 Å². The van der Waals surface area contributed by atoms with E-state index in [9.17, 15) is 10.2 Å². The van der Waals surface area contributed by atoms with Gasteiger partial charge < -0.3 is 10.2 Å². The van der Waals surface area contributed by atoms with E-state index >= 15 is 0 Å². The fourth-order valence-electron chi connectivity index (χ4n) is 5.55. The SMILES string of the molecule is C[C@]12CC[C@@H]3C(=C1C=CC2O)CCC1CC(O)C=C[C@@]13C. The second kappa shape index (κ2) is 4.33. The van der Waals surface area contributed by atoms with E-state index in [1.807, 2.05) is 12.2 Å². The van der Waals surface area contributed by atoms with Crippen molar-refractivity contribution >= 4 is 0 Å². The molecule has 4 aliphatic rings. The van der Waals surface area contributed by atoms with E-state index < -0.39 is 0 Å². The van der Waals surface area contributed by atoms with Gasteiger partial charge in [-0.15, -0.1) is 0 Å². The first-order valence-corrected chi connectivity index (χ1v) is 8.42. The van der Waals surface area contributed by atoms with Gasteiger partial charge in [0.15, 0.2) is 0 Å². The third kappa shape index (κ3) is 1.72. The van der Waals surface area contributed by atoms with Gasteiger partial charge in [0.25, 0.3) is 0 Å². The molecule has 4 rings (SSSR count). The Kier molecular flexibility index (Phi) is 2.84. The number of aliphatic hydroxyl groups is 2. The Balaban J connectivity index is 1.79. The Labute approximate surface area is 127 Å². The summed E-state index contributed by atoms with van der Waals surface area (Å²) in [6.45, 7) is 4.62. The lowest BCUT2D eigenvalue weighted by Crippen LogP contribution is -2.46. The van der Waals surface area contributed by atoms with Crippen LogP contribution in [0.2, 0.25) is 0 Å². The highest BCUT2D eigenvalue weighted by molar-refractivity contribution is 5.45. The zero-order chi connectivity index (χ0) is 14.8. The molecule has 0 radical (unpaired) electrons. The summed E-state index contributed by atoms with van der Waals surface area (Å²) in [4.78, 5) is 0. The maximum absolute atomic E-state index is 10.3. The average molecular weight is 286 g/mol. The standard InChI is InChI=1S/C19H26O2/c1-18-9-7-13(20)11-12(18)3-4-14-15-5-6-17(21)19(15,2)10-8-16(14)18/h5-7,9,12-13,16-17,20-21H,3-4,8,10-11H2,1-2H3/t12?,13?,16-,17?,18+,19+/m1/s1. The lowest BCUT2D eigenvalue weighted by Gasteiger charge is -2.54. The van der Waals surface area contributed by atoms with Gasteiger partial charge in [-0.1, -0.05) is 43.7 Å². The van der Waals surface area contributed by atoms with Gasteiger partial charge in [-0.2, -0.15) is 0 Å². The van der Waals surface area contributed by atoms with Crippen molar-refractivity contribution in [3.8, 4) is 0 Å². The highest BCUT2D eigenvalue weighted by Crippen LogP contribution is 2.61. The number of hydrogen-bond donors (Lipinski definition) is 2. The molecule has 3 unspecified atom stereocenters. The maximum Gasteiger partial charge on any atom is 0.0817 e. The molecule has 0 amide bonds. The Bertz CT molecular complexity index is 558. The summed E-state index contributed by atoms with van der Waals surface area (Å²) >= 11 is 0. The van der Waals surface area contributed by atoms with Gasteiger partial charge in [-0.3, -0.25) is 0 Å². The molecule has 2 heteroatoms. The highest BCUT2D eigenvalue weighted by Gasteiger charge is 2.52. The number of aliphatic hydroxyl groups excluding tert-OH is 2. The van der Waals surface area contributed by atoms with E-state index in [1.165, 1.54) is 18.4 Å². The van der Waals surface area contributed by atoms with Gasteiger partial charge in [0.1, 0.15) is 0 Å². The number of allylic oxidation sites excluding steroid dienone is 3. The Morgan fingerprint density at radius 1 is 1.14 bits per heavy atom. The summed E-state index contributed by atoms with van der Waals surface area (Å²) in [6.07, 6.45) is 13.4. The molecule has 0 heterocycles. The molecule has 21 heavy (non-hydrogen) atoms. The maximum atomic E-state index is 10.3. The Morgan fingerprint density at radius 3 is 2.76 bits per heavy atom. The molecule has 0 bridgehead atoms. The van der Waals surface area contributed by atoms with Crippen LogP contribution in [0, 0.1) is 22.7 Å². The van der Waals surface area contributed by atoms with Crippen molar-refractivity contribution in [1.82, 2.24) is 0 Å². The first-order chi connectivity index (χ1) is 9.95. The summed E-state index contributed by atoms with van der Waals surface area (Å²) in [6, 6.07) is 0. The molecule has 1 fully saturated rings. The van der Waals surface area contributed by atoms with Crippen LogP contribution in [-0.4, -0.2) is 22.4 Å². The zero-order valence-corrected chi connectivity index (χ0v) is 13.0. The highest BCUT2D eigenvalue weighted by atomic mass is 16.3. The Morgan fingerprint density at radius 2 is 1.95 bits per heavy atom. The molecule has 0 saturated heterocycles. The molecule has 2 N–H and O–H groups in total. The molecule has 0 aromatic rings. The van der Waals surface area contributed by atoms with Gasteiger partial charge >= 0.3 is 0 Å². The number of hydrogen-bond acceptors (Lipinski definition) is 2. The fourth-order valence-corrected chi connectivity index (χ4v) is 5.55. The normalized spacial score (nSPS) is 51.6.